The smallest absolute Gasteiger partial charge is 0.263 e. The van der Waals surface area contributed by atoms with Crippen molar-refractivity contribution in [3.8, 4) is 11.3 Å². The van der Waals surface area contributed by atoms with Crippen LogP contribution in [0, 0.1) is 6.92 Å². The number of hydrogen-bond donors (Lipinski definition) is 2. The first kappa shape index (κ1) is 20.2. The van der Waals surface area contributed by atoms with Crippen molar-refractivity contribution in [3.63, 3.8) is 0 Å². The quantitative estimate of drug-likeness (QED) is 0.620. The largest absolute Gasteiger partial charge is 0.360 e. The molecule has 1 aliphatic heterocycles. The summed E-state index contributed by atoms with van der Waals surface area (Å²) in [6.07, 6.45) is 6.83. The summed E-state index contributed by atoms with van der Waals surface area (Å²) in [5, 5.41) is 9.16. The highest BCUT2D eigenvalue weighted by molar-refractivity contribution is 7.80. The average Bonchev–Trinajstić information content (AvgIpc) is 3.17. The van der Waals surface area contributed by atoms with Crippen LogP contribution in [0.15, 0.2) is 59.4 Å². The number of nitrogens with zero attached hydrogens (tertiary/aromatic N) is 3. The van der Waals surface area contributed by atoms with Crippen LogP contribution < -0.4 is 10.7 Å². The van der Waals surface area contributed by atoms with Crippen molar-refractivity contribution in [1.82, 2.24) is 25.9 Å². The summed E-state index contributed by atoms with van der Waals surface area (Å²) in [5.41, 5.74) is 6.01. The second-order valence-corrected chi connectivity index (χ2v) is 7.62. The fourth-order valence-electron chi connectivity index (χ4n) is 3.74. The SMILES string of the molecule is Cc1onc(-c2ccccc2)c1C(=O)NC(=S)NN1CCCCC1c1cccnc1. The van der Waals surface area contributed by atoms with E-state index in [1.807, 2.05) is 42.6 Å². The van der Waals surface area contributed by atoms with Crippen molar-refractivity contribution in [2.45, 2.75) is 32.2 Å². The second kappa shape index (κ2) is 9.15. The molecule has 2 N–H and O–H groups in total. The van der Waals surface area contributed by atoms with Crippen molar-refractivity contribution >= 4 is 23.2 Å². The molecule has 30 heavy (non-hydrogen) atoms. The lowest BCUT2D eigenvalue weighted by atomic mass is 9.98. The van der Waals surface area contributed by atoms with Gasteiger partial charge in [0.25, 0.3) is 5.91 Å². The standard InChI is InChI=1S/C22H23N5O2S/c1-15-19(20(26-29-15)16-8-3-2-4-9-16)21(28)24-22(30)25-27-13-6-5-11-18(27)17-10-7-12-23-14-17/h2-4,7-10,12,14,18H,5-6,11,13H2,1H3,(H2,24,25,28,30). The van der Waals surface area contributed by atoms with Gasteiger partial charge in [0, 0.05) is 24.5 Å². The van der Waals surface area contributed by atoms with Gasteiger partial charge in [-0.25, -0.2) is 5.01 Å². The van der Waals surface area contributed by atoms with Crippen molar-refractivity contribution in [1.29, 1.82) is 0 Å². The number of aryl methyl sites for hydroxylation is 1. The van der Waals surface area contributed by atoms with E-state index in [-0.39, 0.29) is 17.1 Å². The second-order valence-electron chi connectivity index (χ2n) is 7.21. The van der Waals surface area contributed by atoms with E-state index in [1.54, 1.807) is 13.1 Å². The summed E-state index contributed by atoms with van der Waals surface area (Å²) in [6, 6.07) is 13.6. The highest BCUT2D eigenvalue weighted by Crippen LogP contribution is 2.29. The number of nitrogens with one attached hydrogen (secondary N) is 2. The monoisotopic (exact) mass is 421 g/mol. The van der Waals surface area contributed by atoms with Crippen LogP contribution in [0.25, 0.3) is 11.3 Å². The fraction of sp³-hybridized carbons (Fsp3) is 0.273. The van der Waals surface area contributed by atoms with Crippen LogP contribution in [-0.4, -0.2) is 32.7 Å². The van der Waals surface area contributed by atoms with Gasteiger partial charge in [0.15, 0.2) is 5.11 Å². The molecule has 0 saturated carbocycles. The first-order valence-electron chi connectivity index (χ1n) is 9.93. The highest BCUT2D eigenvalue weighted by atomic mass is 32.1. The first-order valence-corrected chi connectivity index (χ1v) is 10.3. The summed E-state index contributed by atoms with van der Waals surface area (Å²) < 4.78 is 5.29. The van der Waals surface area contributed by atoms with Gasteiger partial charge in [-0.3, -0.25) is 20.5 Å². The van der Waals surface area contributed by atoms with Gasteiger partial charge in [-0.05, 0) is 43.6 Å². The Morgan fingerprint density at radius 3 is 2.80 bits per heavy atom. The molecular formula is C22H23N5O2S. The number of hydrazine groups is 1. The maximum absolute atomic E-state index is 13.0. The molecule has 7 nitrogen and oxygen atoms in total. The molecule has 1 saturated heterocycles. The zero-order valence-corrected chi connectivity index (χ0v) is 17.5. The van der Waals surface area contributed by atoms with Gasteiger partial charge in [-0.1, -0.05) is 48.0 Å². The van der Waals surface area contributed by atoms with E-state index < -0.39 is 0 Å². The molecule has 0 spiro atoms. The number of rotatable bonds is 4. The Labute approximate surface area is 180 Å². The van der Waals surface area contributed by atoms with Crippen molar-refractivity contribution < 1.29 is 9.32 Å². The minimum absolute atomic E-state index is 0.152. The molecule has 154 valence electrons. The van der Waals surface area contributed by atoms with Gasteiger partial charge >= 0.3 is 0 Å². The maximum atomic E-state index is 13.0. The molecule has 0 bridgehead atoms. The van der Waals surface area contributed by atoms with Crippen LogP contribution in [0.4, 0.5) is 0 Å². The van der Waals surface area contributed by atoms with Crippen LogP contribution >= 0.6 is 12.2 Å². The Hall–Kier alpha value is -3.10. The summed E-state index contributed by atoms with van der Waals surface area (Å²) in [4.78, 5) is 17.2. The minimum atomic E-state index is -0.347. The fourth-order valence-corrected chi connectivity index (χ4v) is 3.95. The molecule has 1 aliphatic rings. The number of piperidine rings is 1. The molecule has 1 fully saturated rings. The van der Waals surface area contributed by atoms with Gasteiger partial charge < -0.3 is 4.52 Å². The summed E-state index contributed by atoms with van der Waals surface area (Å²) in [6.45, 7) is 2.55. The molecule has 0 aliphatic carbocycles. The molecule has 1 atom stereocenters. The van der Waals surface area contributed by atoms with E-state index in [2.05, 4.69) is 32.0 Å². The lowest BCUT2D eigenvalue weighted by molar-refractivity contribution is 0.0956. The molecular weight excluding hydrogens is 398 g/mol. The maximum Gasteiger partial charge on any atom is 0.263 e. The number of amides is 1. The summed E-state index contributed by atoms with van der Waals surface area (Å²) in [7, 11) is 0. The molecule has 3 aromatic rings. The topological polar surface area (TPSA) is 83.3 Å². The third-order valence-electron chi connectivity index (χ3n) is 5.18. The Morgan fingerprint density at radius 2 is 2.03 bits per heavy atom. The minimum Gasteiger partial charge on any atom is -0.360 e. The van der Waals surface area contributed by atoms with E-state index in [9.17, 15) is 4.79 Å². The van der Waals surface area contributed by atoms with Gasteiger partial charge in [0.2, 0.25) is 0 Å². The van der Waals surface area contributed by atoms with Crippen molar-refractivity contribution in [2.75, 3.05) is 6.54 Å². The molecule has 1 amide bonds. The number of pyridine rings is 1. The van der Waals surface area contributed by atoms with E-state index in [0.717, 1.165) is 36.9 Å². The normalized spacial score (nSPS) is 16.8. The average molecular weight is 422 g/mol. The molecule has 4 rings (SSSR count). The van der Waals surface area contributed by atoms with Crippen molar-refractivity contribution in [2.24, 2.45) is 0 Å². The molecule has 3 heterocycles. The summed E-state index contributed by atoms with van der Waals surface area (Å²) >= 11 is 5.44. The first-order chi connectivity index (χ1) is 14.6. The zero-order valence-electron chi connectivity index (χ0n) is 16.7. The Morgan fingerprint density at radius 1 is 1.20 bits per heavy atom. The predicted octanol–water partition coefficient (Wildman–Crippen LogP) is 3.79. The van der Waals surface area contributed by atoms with Gasteiger partial charge in [-0.15, -0.1) is 0 Å². The third-order valence-corrected chi connectivity index (χ3v) is 5.37. The Bertz CT molecular complexity index is 1020. The molecule has 1 aromatic carbocycles. The van der Waals surface area contributed by atoms with Crippen molar-refractivity contribution in [3.05, 3.63) is 71.7 Å². The number of carbonyl (C=O) groups is 1. The van der Waals surface area contributed by atoms with Gasteiger partial charge in [-0.2, -0.15) is 0 Å². The Kier molecular flexibility index (Phi) is 6.15. The number of thiocarbonyl (C=S) groups is 1. The van der Waals surface area contributed by atoms with E-state index in [4.69, 9.17) is 16.7 Å². The Balaban J connectivity index is 1.47. The molecule has 1 unspecified atom stereocenters. The predicted molar refractivity (Wildman–Crippen MR) is 117 cm³/mol. The van der Waals surface area contributed by atoms with E-state index in [0.29, 0.717) is 17.0 Å². The number of hydrogen-bond acceptors (Lipinski definition) is 6. The molecule has 2 aromatic heterocycles. The van der Waals surface area contributed by atoms with Gasteiger partial charge in [0.1, 0.15) is 17.0 Å². The zero-order chi connectivity index (χ0) is 20.9. The highest BCUT2D eigenvalue weighted by Gasteiger charge is 2.26. The van der Waals surface area contributed by atoms with Crippen LogP contribution in [-0.2, 0) is 0 Å². The number of benzene rings is 1. The summed E-state index contributed by atoms with van der Waals surface area (Å²) in [5.74, 6) is 0.0976. The van der Waals surface area contributed by atoms with Gasteiger partial charge in [0.05, 0.1) is 6.04 Å². The van der Waals surface area contributed by atoms with Crippen LogP contribution in [0.3, 0.4) is 0 Å². The van der Waals surface area contributed by atoms with E-state index >= 15 is 0 Å². The van der Waals surface area contributed by atoms with Crippen LogP contribution in [0.2, 0.25) is 0 Å². The molecule has 0 radical (unpaired) electrons. The number of carbonyl (C=O) groups excluding carboxylic acids is 1. The molecule has 8 heteroatoms. The number of aromatic nitrogens is 2. The van der Waals surface area contributed by atoms with Crippen LogP contribution in [0.1, 0.15) is 47.0 Å². The van der Waals surface area contributed by atoms with Crippen LogP contribution in [0.5, 0.6) is 0 Å². The lowest BCUT2D eigenvalue weighted by Crippen LogP contribution is -2.51. The third kappa shape index (κ3) is 4.39. The lowest BCUT2D eigenvalue weighted by Gasteiger charge is -2.36. The van der Waals surface area contributed by atoms with E-state index in [1.165, 1.54) is 0 Å².